The van der Waals surface area contributed by atoms with Crippen molar-refractivity contribution in [3.05, 3.63) is 85.1 Å². The quantitative estimate of drug-likeness (QED) is 0.0149. The van der Waals surface area contributed by atoms with Crippen molar-refractivity contribution >= 4 is 11.9 Å². The Morgan fingerprint density at radius 1 is 0.500 bits per heavy atom. The van der Waals surface area contributed by atoms with E-state index in [0.717, 1.165) is 96.3 Å². The topological polar surface area (TPSA) is 175 Å². The summed E-state index contributed by atoms with van der Waals surface area (Å²) in [5.74, 6) is -1.21. The fraction of sp³-hybridized carbons (Fsp3) is 0.775. The molecule has 1 aliphatic rings. The number of carbonyl (C=O) groups is 2. The van der Waals surface area contributed by atoms with Crippen LogP contribution in [0.4, 0.5) is 0 Å². The van der Waals surface area contributed by atoms with Gasteiger partial charge in [-0.1, -0.05) is 286 Å². The van der Waals surface area contributed by atoms with Crippen molar-refractivity contribution in [3.63, 3.8) is 0 Å². The molecule has 474 valence electrons. The van der Waals surface area contributed by atoms with Crippen molar-refractivity contribution in [2.24, 2.45) is 0 Å². The maximum atomic E-state index is 13.4. The van der Waals surface area contributed by atoms with Crippen LogP contribution in [0.2, 0.25) is 0 Å². The van der Waals surface area contributed by atoms with E-state index in [2.05, 4.69) is 92.9 Å². The van der Waals surface area contributed by atoms with Gasteiger partial charge in [0.2, 0.25) is 5.91 Å². The summed E-state index contributed by atoms with van der Waals surface area (Å²) in [4.78, 5) is 26.6. The van der Waals surface area contributed by atoms with E-state index in [4.69, 9.17) is 14.2 Å². The third-order valence-electron chi connectivity index (χ3n) is 15.6. The van der Waals surface area contributed by atoms with Gasteiger partial charge >= 0.3 is 5.97 Å². The van der Waals surface area contributed by atoms with Crippen molar-refractivity contribution in [2.75, 3.05) is 13.2 Å². The van der Waals surface area contributed by atoms with E-state index < -0.39 is 67.4 Å². The highest BCUT2D eigenvalue weighted by Crippen LogP contribution is 2.26. The fourth-order valence-electron chi connectivity index (χ4n) is 10.2. The number of ether oxygens (including phenoxy) is 3. The van der Waals surface area contributed by atoms with Crippen molar-refractivity contribution in [1.82, 2.24) is 5.32 Å². The van der Waals surface area contributed by atoms with Crippen molar-refractivity contribution in [1.29, 1.82) is 0 Å². The summed E-state index contributed by atoms with van der Waals surface area (Å²) in [7, 11) is 0. The minimum atomic E-state index is -1.62. The predicted octanol–water partition coefficient (Wildman–Crippen LogP) is 16.9. The highest BCUT2D eigenvalue weighted by atomic mass is 16.7. The van der Waals surface area contributed by atoms with Crippen LogP contribution in [0.25, 0.3) is 0 Å². The molecule has 8 atom stereocenters. The Bertz CT molecular complexity index is 1660. The Balaban J connectivity index is 2.55. The molecular weight excluding hydrogens is 1030 g/mol. The molecule has 0 aromatic carbocycles. The number of allylic oxidation sites excluding steroid dienone is 13. The molecule has 1 amide bonds. The Morgan fingerprint density at radius 3 is 1.44 bits per heavy atom. The molecule has 0 aromatic rings. The minimum Gasteiger partial charge on any atom is -0.454 e. The largest absolute Gasteiger partial charge is 0.454 e. The monoisotopic (exact) mass is 1150 g/mol. The molecule has 0 radical (unpaired) electrons. The molecule has 11 heteroatoms. The zero-order valence-electron chi connectivity index (χ0n) is 52.6. The van der Waals surface area contributed by atoms with Crippen LogP contribution in [-0.2, 0) is 23.8 Å². The summed E-state index contributed by atoms with van der Waals surface area (Å²) in [5.41, 5.74) is 0. The third-order valence-corrected chi connectivity index (χ3v) is 15.6. The number of amides is 1. The summed E-state index contributed by atoms with van der Waals surface area (Å²) in [5, 5.41) is 57.1. The van der Waals surface area contributed by atoms with Gasteiger partial charge in [0.25, 0.3) is 0 Å². The second-order valence-electron chi connectivity index (χ2n) is 23.2. The van der Waals surface area contributed by atoms with E-state index in [1.807, 2.05) is 12.2 Å². The first-order valence-corrected chi connectivity index (χ1v) is 33.9. The van der Waals surface area contributed by atoms with Crippen LogP contribution in [0.15, 0.2) is 85.1 Å². The molecule has 11 nitrogen and oxygen atoms in total. The third kappa shape index (κ3) is 45.2. The summed E-state index contributed by atoms with van der Waals surface area (Å²) >= 11 is 0. The van der Waals surface area contributed by atoms with Crippen LogP contribution in [0.3, 0.4) is 0 Å². The summed E-state index contributed by atoms with van der Waals surface area (Å²) < 4.78 is 17.7. The first-order valence-electron chi connectivity index (χ1n) is 33.9. The van der Waals surface area contributed by atoms with Crippen LogP contribution >= 0.6 is 0 Å². The number of nitrogens with one attached hydrogen (secondary N) is 1. The Kier molecular flexibility index (Phi) is 54.6. The molecule has 1 fully saturated rings. The van der Waals surface area contributed by atoms with Gasteiger partial charge < -0.3 is 45.1 Å². The smallest absolute Gasteiger partial charge is 0.306 e. The second kappa shape index (κ2) is 58.2. The average Bonchev–Trinajstić information content (AvgIpc) is 3.68. The number of hydrogen-bond donors (Lipinski definition) is 6. The van der Waals surface area contributed by atoms with Crippen LogP contribution in [-0.4, -0.2) is 99.6 Å². The van der Waals surface area contributed by atoms with Crippen LogP contribution in [0.1, 0.15) is 290 Å². The Labute approximate surface area is 502 Å². The average molecular weight is 1150 g/mol. The molecule has 1 heterocycles. The summed E-state index contributed by atoms with van der Waals surface area (Å²) in [6.07, 6.45) is 66.3. The Hall–Kier alpha value is -3.16. The fourth-order valence-corrected chi connectivity index (χ4v) is 10.2. The Morgan fingerprint density at radius 2 is 0.927 bits per heavy atom. The van der Waals surface area contributed by atoms with E-state index in [0.29, 0.717) is 12.8 Å². The first kappa shape index (κ1) is 76.9. The highest BCUT2D eigenvalue weighted by molar-refractivity contribution is 5.80. The van der Waals surface area contributed by atoms with Gasteiger partial charge in [-0.15, -0.1) is 0 Å². The van der Waals surface area contributed by atoms with Gasteiger partial charge in [-0.25, -0.2) is 0 Å². The summed E-state index contributed by atoms with van der Waals surface area (Å²) in [6.45, 7) is 5.63. The van der Waals surface area contributed by atoms with E-state index >= 15 is 0 Å². The van der Waals surface area contributed by atoms with Gasteiger partial charge in [0, 0.05) is 6.42 Å². The van der Waals surface area contributed by atoms with Gasteiger partial charge in [-0.05, 0) is 83.5 Å². The zero-order valence-corrected chi connectivity index (χ0v) is 52.6. The van der Waals surface area contributed by atoms with Crippen molar-refractivity contribution in [3.8, 4) is 0 Å². The van der Waals surface area contributed by atoms with E-state index in [9.17, 15) is 35.1 Å². The molecule has 8 unspecified atom stereocenters. The molecule has 0 saturated carbocycles. The zero-order chi connectivity index (χ0) is 59.6. The van der Waals surface area contributed by atoms with Crippen LogP contribution in [0, 0.1) is 0 Å². The predicted molar refractivity (Wildman–Crippen MR) is 342 cm³/mol. The van der Waals surface area contributed by atoms with Gasteiger partial charge in [0.05, 0.1) is 25.4 Å². The van der Waals surface area contributed by atoms with Gasteiger partial charge in [-0.3, -0.25) is 9.59 Å². The van der Waals surface area contributed by atoms with E-state index in [-0.39, 0.29) is 19.4 Å². The standard InChI is InChI=1S/C71H125NO10/c1-4-7-10-13-16-19-22-25-27-28-29-30-31-32-33-34-35-36-37-38-39-41-44-47-50-53-56-59-66(76)82-69-68(78)67(77)65(60-73)81-71(69)80-61-62(63(74)57-54-51-48-45-42-24-21-18-15-12-9-6-3)72-70(79)64(75)58-55-52-49-46-43-40-26-23-20-17-14-11-8-5-2/h8,11,14,16-17,19-20,23,25,27,29-30,54,57,62-65,67-69,71,73-75,77-78H,4-7,9-10,12-13,15,18,21-22,24,26,28,31-53,55-56,58-61H2,1-3H3,(H,72,79)/b11-8+,17-14+,19-16-,23-20+,27-25-,30-29-,57-54+. The van der Waals surface area contributed by atoms with Gasteiger partial charge in [0.1, 0.15) is 24.4 Å². The molecule has 0 spiro atoms. The van der Waals surface area contributed by atoms with E-state index in [1.165, 1.54) is 148 Å². The number of aliphatic hydroxyl groups excluding tert-OH is 5. The first-order chi connectivity index (χ1) is 40.2. The lowest BCUT2D eigenvalue weighted by Gasteiger charge is -2.41. The second-order valence-corrected chi connectivity index (χ2v) is 23.2. The molecule has 1 saturated heterocycles. The van der Waals surface area contributed by atoms with Crippen LogP contribution < -0.4 is 5.32 Å². The summed E-state index contributed by atoms with van der Waals surface area (Å²) in [6, 6.07) is -1.03. The molecule has 1 aliphatic heterocycles. The number of aliphatic hydroxyl groups is 5. The minimum absolute atomic E-state index is 0.119. The SMILES string of the molecule is CC/C=C/C=C/C=C/CCCCCCCCC(O)C(=O)NC(COC1OC(CO)C(O)C(O)C1OC(=O)CCCCCCCCCCCCCCCC/C=C\C/C=C\C/C=C\CCCCC)C(O)/C=C/CCCCCCCCCCCC. The molecular formula is C71H125NO10. The lowest BCUT2D eigenvalue weighted by Crippen LogP contribution is -2.61. The van der Waals surface area contributed by atoms with Crippen molar-refractivity contribution < 1.29 is 49.3 Å². The van der Waals surface area contributed by atoms with E-state index in [1.54, 1.807) is 6.08 Å². The van der Waals surface area contributed by atoms with Crippen LogP contribution in [0.5, 0.6) is 0 Å². The maximum absolute atomic E-state index is 13.4. The molecule has 0 bridgehead atoms. The molecule has 82 heavy (non-hydrogen) atoms. The van der Waals surface area contributed by atoms with Crippen molar-refractivity contribution in [2.45, 2.75) is 339 Å². The van der Waals surface area contributed by atoms with Gasteiger partial charge in [-0.2, -0.15) is 0 Å². The maximum Gasteiger partial charge on any atom is 0.306 e. The number of unbranched alkanes of at least 4 members (excludes halogenated alkanes) is 33. The molecule has 0 aromatic heterocycles. The molecule has 6 N–H and O–H groups in total. The van der Waals surface area contributed by atoms with Gasteiger partial charge in [0.15, 0.2) is 12.4 Å². The molecule has 1 rings (SSSR count). The molecule has 0 aliphatic carbocycles. The lowest BCUT2D eigenvalue weighted by atomic mass is 9.99. The normalized spacial score (nSPS) is 19.1. The number of esters is 1. The number of carbonyl (C=O) groups excluding carboxylic acids is 2. The lowest BCUT2D eigenvalue weighted by molar-refractivity contribution is -0.305. The number of rotatable bonds is 57. The highest BCUT2D eigenvalue weighted by Gasteiger charge is 2.47. The number of hydrogen-bond acceptors (Lipinski definition) is 10.